The molecule has 1 N–H and O–H groups in total. The van der Waals surface area contributed by atoms with E-state index in [9.17, 15) is 5.11 Å². The van der Waals surface area contributed by atoms with Gasteiger partial charge in [-0.15, -0.1) is 6.58 Å². The van der Waals surface area contributed by atoms with Crippen LogP contribution in [0.5, 0.6) is 5.88 Å². The van der Waals surface area contributed by atoms with E-state index in [0.717, 1.165) is 5.56 Å². The van der Waals surface area contributed by atoms with Crippen molar-refractivity contribution >= 4 is 15.9 Å². The highest BCUT2D eigenvalue weighted by atomic mass is 79.9. The zero-order valence-electron chi connectivity index (χ0n) is 9.54. The zero-order valence-corrected chi connectivity index (χ0v) is 11.1. The fourth-order valence-electron chi connectivity index (χ4n) is 1.38. The van der Waals surface area contributed by atoms with Gasteiger partial charge < -0.3 is 14.4 Å². The van der Waals surface area contributed by atoms with E-state index in [1.165, 1.54) is 6.08 Å². The lowest BCUT2D eigenvalue weighted by molar-refractivity contribution is 0.180. The van der Waals surface area contributed by atoms with E-state index in [1.54, 1.807) is 0 Å². The van der Waals surface area contributed by atoms with Crippen molar-refractivity contribution in [3.8, 4) is 5.88 Å². The van der Waals surface area contributed by atoms with Crippen LogP contribution in [0.4, 0.5) is 0 Å². The molecule has 1 heterocycles. The molecule has 5 heteroatoms. The topological polar surface area (TPSA) is 55.5 Å². The molecule has 2 aromatic rings. The summed E-state index contributed by atoms with van der Waals surface area (Å²) in [6, 6.07) is 9.71. The molecule has 0 bridgehead atoms. The summed E-state index contributed by atoms with van der Waals surface area (Å²) in [5.74, 6) is 0.600. The Labute approximate surface area is 113 Å². The average Bonchev–Trinajstić information content (AvgIpc) is 2.78. The van der Waals surface area contributed by atoms with Gasteiger partial charge in [0.2, 0.25) is 0 Å². The normalized spacial score (nSPS) is 12.1. The molecule has 0 radical (unpaired) electrons. The Morgan fingerprint density at radius 3 is 2.83 bits per heavy atom. The second-order valence-electron chi connectivity index (χ2n) is 3.62. The third-order valence-corrected chi connectivity index (χ3v) is 3.07. The largest absolute Gasteiger partial charge is 0.470 e. The van der Waals surface area contributed by atoms with E-state index in [0.29, 0.717) is 17.0 Å². The van der Waals surface area contributed by atoms with Gasteiger partial charge in [0.25, 0.3) is 5.88 Å². The molecule has 1 aromatic heterocycles. The molecule has 0 aliphatic heterocycles. The third kappa shape index (κ3) is 2.80. The molecule has 18 heavy (non-hydrogen) atoms. The molecule has 1 aromatic carbocycles. The van der Waals surface area contributed by atoms with Gasteiger partial charge in [0.15, 0.2) is 5.76 Å². The molecule has 1 unspecified atom stereocenters. The molecule has 0 spiro atoms. The number of hydrogen-bond acceptors (Lipinski definition) is 4. The fourth-order valence-corrected chi connectivity index (χ4v) is 1.88. The molecule has 1 atom stereocenters. The Morgan fingerprint density at radius 1 is 1.44 bits per heavy atom. The van der Waals surface area contributed by atoms with Gasteiger partial charge in [-0.3, -0.25) is 0 Å². The van der Waals surface area contributed by atoms with Crippen LogP contribution in [0.1, 0.15) is 17.4 Å². The first-order valence-electron chi connectivity index (χ1n) is 5.34. The maximum atomic E-state index is 9.57. The van der Waals surface area contributed by atoms with Gasteiger partial charge in [-0.1, -0.05) is 36.4 Å². The van der Waals surface area contributed by atoms with Gasteiger partial charge in [0, 0.05) is 0 Å². The summed E-state index contributed by atoms with van der Waals surface area (Å²) in [7, 11) is 0. The number of aliphatic hydroxyl groups excluding tert-OH is 1. The summed E-state index contributed by atoms with van der Waals surface area (Å²) in [5, 5.41) is 13.3. The number of hydrogen-bond donors (Lipinski definition) is 1. The van der Waals surface area contributed by atoms with Crippen molar-refractivity contribution in [1.29, 1.82) is 0 Å². The predicted molar refractivity (Wildman–Crippen MR) is 70.1 cm³/mol. The van der Waals surface area contributed by atoms with Crippen molar-refractivity contribution in [2.75, 3.05) is 0 Å². The number of benzene rings is 1. The van der Waals surface area contributed by atoms with Crippen LogP contribution in [0.25, 0.3) is 0 Å². The van der Waals surface area contributed by atoms with E-state index in [-0.39, 0.29) is 5.76 Å². The number of halogens is 1. The Kier molecular flexibility index (Phi) is 4.17. The highest BCUT2D eigenvalue weighted by Gasteiger charge is 2.19. The van der Waals surface area contributed by atoms with Gasteiger partial charge in [0.05, 0.1) is 0 Å². The number of ether oxygens (including phenoxy) is 1. The molecule has 0 amide bonds. The van der Waals surface area contributed by atoms with Crippen molar-refractivity contribution < 1.29 is 14.4 Å². The van der Waals surface area contributed by atoms with E-state index in [4.69, 9.17) is 9.26 Å². The summed E-state index contributed by atoms with van der Waals surface area (Å²) in [6.07, 6.45) is 0.452. The predicted octanol–water partition coefficient (Wildman–Crippen LogP) is 3.24. The average molecular weight is 310 g/mol. The van der Waals surface area contributed by atoms with E-state index < -0.39 is 6.10 Å². The van der Waals surface area contributed by atoms with Crippen LogP contribution < -0.4 is 4.74 Å². The van der Waals surface area contributed by atoms with Crippen LogP contribution in [0.2, 0.25) is 0 Å². The molecule has 2 rings (SSSR count). The lowest BCUT2D eigenvalue weighted by Gasteiger charge is -2.03. The minimum Gasteiger partial charge on any atom is -0.470 e. The second kappa shape index (κ2) is 5.84. The summed E-state index contributed by atoms with van der Waals surface area (Å²) >= 11 is 3.28. The zero-order chi connectivity index (χ0) is 13.0. The van der Waals surface area contributed by atoms with Crippen LogP contribution in [0, 0.1) is 0 Å². The smallest absolute Gasteiger partial charge is 0.269 e. The summed E-state index contributed by atoms with van der Waals surface area (Å²) in [4.78, 5) is 0. The Bertz CT molecular complexity index is 524. The molecule has 0 aliphatic rings. The number of aliphatic hydroxyl groups is 1. The van der Waals surface area contributed by atoms with Gasteiger partial charge in [-0.05, 0) is 26.7 Å². The minimum atomic E-state index is -0.902. The van der Waals surface area contributed by atoms with Crippen LogP contribution in [0.15, 0.2) is 52.0 Å². The molecular weight excluding hydrogens is 298 g/mol. The Balaban J connectivity index is 2.07. The van der Waals surface area contributed by atoms with E-state index in [2.05, 4.69) is 27.7 Å². The van der Waals surface area contributed by atoms with Crippen molar-refractivity contribution in [3.05, 3.63) is 58.8 Å². The van der Waals surface area contributed by atoms with Crippen LogP contribution in [-0.4, -0.2) is 10.3 Å². The van der Waals surface area contributed by atoms with Crippen LogP contribution >= 0.6 is 15.9 Å². The molecule has 94 valence electrons. The maximum Gasteiger partial charge on any atom is 0.269 e. The molecule has 0 aliphatic carbocycles. The number of aromatic nitrogens is 1. The summed E-state index contributed by atoms with van der Waals surface area (Å²) < 4.78 is 11.0. The summed E-state index contributed by atoms with van der Waals surface area (Å²) in [5.41, 5.74) is 1.03. The first-order chi connectivity index (χ1) is 8.72. The van der Waals surface area contributed by atoms with E-state index in [1.807, 2.05) is 30.3 Å². The highest BCUT2D eigenvalue weighted by molar-refractivity contribution is 9.10. The van der Waals surface area contributed by atoms with Gasteiger partial charge in [-0.2, -0.15) is 0 Å². The third-order valence-electron chi connectivity index (χ3n) is 2.34. The minimum absolute atomic E-state index is 0.285. The van der Waals surface area contributed by atoms with Crippen molar-refractivity contribution in [2.45, 2.75) is 12.7 Å². The monoisotopic (exact) mass is 309 g/mol. The highest BCUT2D eigenvalue weighted by Crippen LogP contribution is 2.32. The van der Waals surface area contributed by atoms with Crippen molar-refractivity contribution in [2.24, 2.45) is 0 Å². The lowest BCUT2D eigenvalue weighted by Crippen LogP contribution is -1.96. The molecule has 0 saturated carbocycles. The Hall–Kier alpha value is -1.59. The van der Waals surface area contributed by atoms with Gasteiger partial charge in [-0.25, -0.2) is 0 Å². The second-order valence-corrected chi connectivity index (χ2v) is 4.41. The van der Waals surface area contributed by atoms with E-state index >= 15 is 0 Å². The maximum absolute atomic E-state index is 9.57. The molecule has 0 saturated heterocycles. The van der Waals surface area contributed by atoms with Gasteiger partial charge in [0.1, 0.15) is 17.2 Å². The Morgan fingerprint density at radius 2 is 2.17 bits per heavy atom. The van der Waals surface area contributed by atoms with Gasteiger partial charge >= 0.3 is 0 Å². The van der Waals surface area contributed by atoms with Crippen molar-refractivity contribution in [3.63, 3.8) is 0 Å². The SMILES string of the molecule is C=CC(O)c1onc(OCc2ccccc2)c1Br. The molecular formula is C13H12BrNO3. The van der Waals surface area contributed by atoms with Crippen LogP contribution in [-0.2, 0) is 6.61 Å². The number of rotatable bonds is 5. The standard InChI is InChI=1S/C13H12BrNO3/c1-2-10(16)12-11(14)13(15-18-12)17-8-9-6-4-3-5-7-9/h2-7,10,16H,1,8H2. The lowest BCUT2D eigenvalue weighted by atomic mass is 10.2. The first-order valence-corrected chi connectivity index (χ1v) is 6.14. The quantitative estimate of drug-likeness (QED) is 0.862. The molecule has 0 fully saturated rings. The fraction of sp³-hybridized carbons (Fsp3) is 0.154. The van der Waals surface area contributed by atoms with Crippen LogP contribution in [0.3, 0.4) is 0 Å². The first kappa shape index (κ1) is 12.9. The van der Waals surface area contributed by atoms with Crippen molar-refractivity contribution in [1.82, 2.24) is 5.16 Å². The molecule has 4 nitrogen and oxygen atoms in total. The summed E-state index contributed by atoms with van der Waals surface area (Å²) in [6.45, 7) is 3.87. The number of nitrogens with zero attached hydrogens (tertiary/aromatic N) is 1.